The number of hydrogen-bond acceptors (Lipinski definition) is 5. The van der Waals surface area contributed by atoms with E-state index in [0.717, 1.165) is 35.9 Å². The summed E-state index contributed by atoms with van der Waals surface area (Å²) in [5.74, 6) is 0.493. The molecule has 1 fully saturated rings. The van der Waals surface area contributed by atoms with Crippen molar-refractivity contribution in [3.8, 4) is 0 Å². The number of benzene rings is 1. The molecule has 1 aliphatic heterocycles. The van der Waals surface area contributed by atoms with Crippen LogP contribution in [-0.4, -0.2) is 47.0 Å². The fraction of sp³-hybridized carbons (Fsp3) is 0.524. The summed E-state index contributed by atoms with van der Waals surface area (Å²) in [6, 6.07) is 6.48. The molecule has 0 aliphatic carbocycles. The van der Waals surface area contributed by atoms with Gasteiger partial charge in [-0.1, -0.05) is 31.7 Å². The van der Waals surface area contributed by atoms with E-state index in [1.807, 2.05) is 13.8 Å². The average molecular weight is 451 g/mol. The van der Waals surface area contributed by atoms with Gasteiger partial charge < -0.3 is 9.88 Å². The molecule has 1 aliphatic rings. The minimum absolute atomic E-state index is 0.190. The van der Waals surface area contributed by atoms with Crippen LogP contribution < -0.4 is 5.32 Å². The maximum atomic E-state index is 12.7. The lowest BCUT2D eigenvalue weighted by atomic mass is 10.2. The van der Waals surface area contributed by atoms with E-state index in [1.54, 1.807) is 18.2 Å². The maximum Gasteiger partial charge on any atom is 0.243 e. The molecule has 30 heavy (non-hydrogen) atoms. The van der Waals surface area contributed by atoms with E-state index in [9.17, 15) is 13.2 Å². The predicted molar refractivity (Wildman–Crippen MR) is 120 cm³/mol. The molecule has 1 saturated heterocycles. The smallest absolute Gasteiger partial charge is 0.243 e. The normalized spacial score (nSPS) is 15.1. The van der Waals surface area contributed by atoms with Gasteiger partial charge in [0.15, 0.2) is 5.16 Å². The zero-order chi connectivity index (χ0) is 21.9. The lowest BCUT2D eigenvalue weighted by molar-refractivity contribution is -0.113. The molecule has 1 N–H and O–H groups in total. The van der Waals surface area contributed by atoms with Crippen molar-refractivity contribution in [3.63, 3.8) is 0 Å². The Kier molecular flexibility index (Phi) is 7.26. The van der Waals surface area contributed by atoms with Crippen LogP contribution in [0.3, 0.4) is 0 Å². The molecule has 0 saturated carbocycles. The Hall–Kier alpha value is -1.84. The van der Waals surface area contributed by atoms with Crippen molar-refractivity contribution in [2.45, 2.75) is 57.1 Å². The van der Waals surface area contributed by atoms with Crippen molar-refractivity contribution in [1.82, 2.24) is 13.9 Å². The van der Waals surface area contributed by atoms with E-state index in [-0.39, 0.29) is 16.6 Å². The molecule has 0 atom stereocenters. The molecule has 1 amide bonds. The second-order valence-corrected chi connectivity index (χ2v) is 10.9. The Morgan fingerprint density at radius 3 is 2.60 bits per heavy atom. The van der Waals surface area contributed by atoms with E-state index >= 15 is 0 Å². The third-order valence-corrected chi connectivity index (χ3v) is 7.99. The van der Waals surface area contributed by atoms with E-state index in [0.29, 0.717) is 24.7 Å². The van der Waals surface area contributed by atoms with Gasteiger partial charge in [0.1, 0.15) is 0 Å². The number of nitrogens with one attached hydrogen (secondary N) is 1. The minimum Gasteiger partial charge on any atom is -0.325 e. The second kappa shape index (κ2) is 9.53. The Labute approximate surface area is 183 Å². The number of carbonyl (C=O) groups excluding carboxylic acids is 1. The van der Waals surface area contributed by atoms with Gasteiger partial charge in [-0.05, 0) is 50.8 Å². The molecule has 1 aromatic carbocycles. The van der Waals surface area contributed by atoms with Crippen molar-refractivity contribution in [2.24, 2.45) is 5.92 Å². The number of hydrogen-bond donors (Lipinski definition) is 1. The number of aromatic nitrogens is 2. The van der Waals surface area contributed by atoms with Crippen LogP contribution in [0.5, 0.6) is 0 Å². The lowest BCUT2D eigenvalue weighted by Gasteiger charge is -2.16. The first-order valence-electron chi connectivity index (χ1n) is 10.2. The maximum absolute atomic E-state index is 12.7. The number of carbonyl (C=O) groups is 1. The van der Waals surface area contributed by atoms with Crippen LogP contribution in [-0.2, 0) is 21.4 Å². The SMILES string of the molecule is Cc1nc(SCC(=O)Nc2cccc(S(=O)(=O)N3CCCC3)c2)n(CC(C)C)c1C. The van der Waals surface area contributed by atoms with Crippen LogP contribution in [0.15, 0.2) is 34.3 Å². The van der Waals surface area contributed by atoms with Gasteiger partial charge in [-0.2, -0.15) is 4.31 Å². The fourth-order valence-electron chi connectivity index (χ4n) is 3.45. The van der Waals surface area contributed by atoms with Crippen LogP contribution in [0.25, 0.3) is 0 Å². The number of sulfonamides is 1. The van der Waals surface area contributed by atoms with Gasteiger partial charge in [-0.3, -0.25) is 4.79 Å². The molecule has 9 heteroatoms. The largest absolute Gasteiger partial charge is 0.325 e. The van der Waals surface area contributed by atoms with E-state index < -0.39 is 10.0 Å². The van der Waals surface area contributed by atoms with E-state index in [2.05, 4.69) is 28.7 Å². The van der Waals surface area contributed by atoms with Gasteiger partial charge in [0.25, 0.3) is 0 Å². The van der Waals surface area contributed by atoms with Crippen LogP contribution >= 0.6 is 11.8 Å². The standard InChI is InChI=1S/C21H30N4O3S2/c1-15(2)13-25-17(4)16(3)22-21(25)29-14-20(26)23-18-8-7-9-19(12-18)30(27,28)24-10-5-6-11-24/h7-9,12,15H,5-6,10-11,13-14H2,1-4H3,(H,23,26). The molecule has 0 bridgehead atoms. The summed E-state index contributed by atoms with van der Waals surface area (Å²) in [5, 5.41) is 3.65. The molecule has 2 aromatic rings. The Bertz CT molecular complexity index is 1010. The Balaban J connectivity index is 1.66. The van der Waals surface area contributed by atoms with Crippen molar-refractivity contribution in [2.75, 3.05) is 24.2 Å². The van der Waals surface area contributed by atoms with Crippen LogP contribution in [0.2, 0.25) is 0 Å². The first kappa shape index (κ1) is 22.8. The number of imidazole rings is 1. The topological polar surface area (TPSA) is 84.3 Å². The number of amides is 1. The number of nitrogens with zero attached hydrogens (tertiary/aromatic N) is 3. The molecule has 0 unspecified atom stereocenters. The summed E-state index contributed by atoms with van der Waals surface area (Å²) < 4.78 is 29.1. The van der Waals surface area contributed by atoms with Gasteiger partial charge in [0.05, 0.1) is 16.3 Å². The Morgan fingerprint density at radius 1 is 1.23 bits per heavy atom. The summed E-state index contributed by atoms with van der Waals surface area (Å²) in [5.41, 5.74) is 2.57. The predicted octanol–water partition coefficient (Wildman–Crippen LogP) is 3.67. The highest BCUT2D eigenvalue weighted by atomic mass is 32.2. The second-order valence-electron chi connectivity index (χ2n) is 8.05. The highest BCUT2D eigenvalue weighted by Crippen LogP contribution is 2.25. The highest BCUT2D eigenvalue weighted by Gasteiger charge is 2.27. The third-order valence-electron chi connectivity index (χ3n) is 5.12. The third kappa shape index (κ3) is 5.25. The summed E-state index contributed by atoms with van der Waals surface area (Å²) in [6.07, 6.45) is 1.77. The molecule has 164 valence electrons. The summed E-state index contributed by atoms with van der Waals surface area (Å²) in [7, 11) is -3.51. The first-order valence-corrected chi connectivity index (χ1v) is 12.7. The molecule has 0 spiro atoms. The number of thioether (sulfide) groups is 1. The molecule has 2 heterocycles. The number of aryl methyl sites for hydroxylation is 1. The van der Waals surface area contributed by atoms with Crippen LogP contribution in [0, 0.1) is 19.8 Å². The van der Waals surface area contributed by atoms with Crippen LogP contribution in [0.1, 0.15) is 38.1 Å². The van der Waals surface area contributed by atoms with E-state index in [1.165, 1.54) is 22.1 Å². The molecule has 3 rings (SSSR count). The first-order chi connectivity index (χ1) is 14.2. The van der Waals surface area contributed by atoms with Gasteiger partial charge in [-0.25, -0.2) is 13.4 Å². The molecular weight excluding hydrogens is 420 g/mol. The molecule has 7 nitrogen and oxygen atoms in total. The number of rotatable bonds is 8. The van der Waals surface area contributed by atoms with Crippen molar-refractivity contribution >= 4 is 33.4 Å². The van der Waals surface area contributed by atoms with Crippen molar-refractivity contribution < 1.29 is 13.2 Å². The molecular formula is C21H30N4O3S2. The van der Waals surface area contributed by atoms with Crippen molar-refractivity contribution in [1.29, 1.82) is 0 Å². The van der Waals surface area contributed by atoms with Crippen LogP contribution in [0.4, 0.5) is 5.69 Å². The van der Waals surface area contributed by atoms with E-state index in [4.69, 9.17) is 0 Å². The number of anilines is 1. The lowest BCUT2D eigenvalue weighted by Crippen LogP contribution is -2.28. The van der Waals surface area contributed by atoms with Crippen molar-refractivity contribution in [3.05, 3.63) is 35.7 Å². The van der Waals surface area contributed by atoms with Gasteiger partial charge >= 0.3 is 0 Å². The van der Waals surface area contributed by atoms with Gasteiger partial charge in [-0.15, -0.1) is 0 Å². The quantitative estimate of drug-likeness (QED) is 0.621. The van der Waals surface area contributed by atoms with Gasteiger partial charge in [0, 0.05) is 31.0 Å². The summed E-state index contributed by atoms with van der Waals surface area (Å²) in [4.78, 5) is 17.3. The molecule has 1 aromatic heterocycles. The highest BCUT2D eigenvalue weighted by molar-refractivity contribution is 7.99. The summed E-state index contributed by atoms with van der Waals surface area (Å²) >= 11 is 1.39. The van der Waals surface area contributed by atoms with Gasteiger partial charge in [0.2, 0.25) is 15.9 Å². The zero-order valence-electron chi connectivity index (χ0n) is 18.0. The zero-order valence-corrected chi connectivity index (χ0v) is 19.6. The fourth-order valence-corrected chi connectivity index (χ4v) is 5.92. The minimum atomic E-state index is -3.51. The molecule has 0 radical (unpaired) electrons. The summed E-state index contributed by atoms with van der Waals surface area (Å²) in [6.45, 7) is 10.3. The Morgan fingerprint density at radius 2 is 1.93 bits per heavy atom. The monoisotopic (exact) mass is 450 g/mol. The average Bonchev–Trinajstić information content (AvgIpc) is 3.32.